The van der Waals surface area contributed by atoms with Gasteiger partial charge in [0, 0.05) is 47.3 Å². The van der Waals surface area contributed by atoms with Gasteiger partial charge < -0.3 is 9.80 Å². The lowest BCUT2D eigenvalue weighted by molar-refractivity contribution is -0.143. The van der Waals surface area contributed by atoms with Crippen molar-refractivity contribution in [2.24, 2.45) is 5.92 Å². The van der Waals surface area contributed by atoms with E-state index in [1.54, 1.807) is 17.3 Å². The number of rotatable bonds is 8. The molecule has 3 amide bonds. The zero-order valence-corrected chi connectivity index (χ0v) is 23.2. The maximum Gasteiger partial charge on any atom is 0.247 e. The number of nitrogens with zero attached hydrogens (tertiary/aromatic N) is 4. The third-order valence-electron chi connectivity index (χ3n) is 7.56. The number of allylic oxidation sites excluding steroid dienone is 4. The van der Waals surface area contributed by atoms with Gasteiger partial charge in [0.25, 0.3) is 0 Å². The summed E-state index contributed by atoms with van der Waals surface area (Å²) >= 11 is 0. The standard InChI is InChI=1S/C32H35N5O3/c1-4-23-14-16-25(17-15-23)37(22(2)3)30(38)21-35-18-19-36(24-10-6-5-7-11-24)32(40)27(31(35)39)20-29-26-12-8-9-13-28(26)33-34-29/h5-14,16,18-19,22,27H,4,15,17,20-21H2,1-3H3,(H,33,34). The Morgan fingerprint density at radius 1 is 1.00 bits per heavy atom. The fourth-order valence-corrected chi connectivity index (χ4v) is 5.42. The van der Waals surface area contributed by atoms with Crippen molar-refractivity contribution in [1.82, 2.24) is 20.0 Å². The number of nitrogens with one attached hydrogen (secondary N) is 1. The van der Waals surface area contributed by atoms with Gasteiger partial charge in [-0.2, -0.15) is 5.10 Å². The summed E-state index contributed by atoms with van der Waals surface area (Å²) in [5.41, 5.74) is 4.44. The van der Waals surface area contributed by atoms with Gasteiger partial charge in [-0.25, -0.2) is 0 Å². The molecule has 0 radical (unpaired) electrons. The number of anilines is 1. The van der Waals surface area contributed by atoms with Crippen LogP contribution in [0.2, 0.25) is 0 Å². The number of carbonyl (C=O) groups is 3. The molecule has 1 unspecified atom stereocenters. The Balaban J connectivity index is 1.46. The first kappa shape index (κ1) is 27.1. The number of hydrogen-bond donors (Lipinski definition) is 1. The molecular formula is C32H35N5O3. The summed E-state index contributed by atoms with van der Waals surface area (Å²) in [7, 11) is 0. The second-order valence-corrected chi connectivity index (χ2v) is 10.5. The fourth-order valence-electron chi connectivity index (χ4n) is 5.42. The number of amides is 3. The Morgan fingerprint density at radius 3 is 2.45 bits per heavy atom. The molecule has 3 aromatic rings. The van der Waals surface area contributed by atoms with Crippen molar-refractivity contribution in [3.05, 3.63) is 96.1 Å². The number of aromatic amines is 1. The Labute approximate surface area is 234 Å². The van der Waals surface area contributed by atoms with Crippen molar-refractivity contribution >= 4 is 34.3 Å². The van der Waals surface area contributed by atoms with E-state index in [0.29, 0.717) is 11.4 Å². The number of aromatic nitrogens is 2. The maximum atomic E-state index is 14.0. The van der Waals surface area contributed by atoms with Crippen LogP contribution in [0.4, 0.5) is 5.69 Å². The topological polar surface area (TPSA) is 89.6 Å². The van der Waals surface area contributed by atoms with E-state index in [4.69, 9.17) is 0 Å². The minimum atomic E-state index is -1.04. The van der Waals surface area contributed by atoms with Crippen molar-refractivity contribution in [1.29, 1.82) is 0 Å². The summed E-state index contributed by atoms with van der Waals surface area (Å²) in [6.07, 6.45) is 10.1. The highest BCUT2D eigenvalue weighted by atomic mass is 16.2. The van der Waals surface area contributed by atoms with E-state index < -0.39 is 11.8 Å². The van der Waals surface area contributed by atoms with Crippen LogP contribution in [-0.4, -0.2) is 50.3 Å². The third-order valence-corrected chi connectivity index (χ3v) is 7.56. The molecule has 0 fully saturated rings. The van der Waals surface area contributed by atoms with Gasteiger partial charge >= 0.3 is 0 Å². The molecule has 2 heterocycles. The van der Waals surface area contributed by atoms with E-state index in [1.165, 1.54) is 15.4 Å². The Bertz CT molecular complexity index is 1500. The number of para-hydroxylation sites is 2. The van der Waals surface area contributed by atoms with Crippen LogP contribution in [0.3, 0.4) is 0 Å². The minimum absolute atomic E-state index is 0.0732. The second-order valence-electron chi connectivity index (χ2n) is 10.5. The highest BCUT2D eigenvalue weighted by molar-refractivity contribution is 6.10. The SMILES string of the molecule is CCC1=CC=C(N(C(=O)CN2C=CN(c3ccccc3)C(=O)C(Cc3[nH]nc4ccccc34)C2=O)C(C)C)CC1. The van der Waals surface area contributed by atoms with Gasteiger partial charge in [0.2, 0.25) is 17.7 Å². The molecule has 1 aliphatic carbocycles. The average molecular weight is 538 g/mol. The average Bonchev–Trinajstić information content (AvgIpc) is 3.34. The van der Waals surface area contributed by atoms with Gasteiger partial charge in [-0.1, -0.05) is 55.0 Å². The molecule has 0 saturated heterocycles. The molecule has 5 rings (SSSR count). The summed E-state index contributed by atoms with van der Waals surface area (Å²) in [4.78, 5) is 46.2. The van der Waals surface area contributed by atoms with Crippen LogP contribution in [0.15, 0.2) is 90.4 Å². The van der Waals surface area contributed by atoms with Gasteiger partial charge in [0.05, 0.1) is 5.52 Å². The van der Waals surface area contributed by atoms with Gasteiger partial charge in [0.15, 0.2) is 0 Å². The number of carbonyl (C=O) groups excluding carboxylic acids is 3. The van der Waals surface area contributed by atoms with E-state index in [1.807, 2.05) is 74.5 Å². The van der Waals surface area contributed by atoms with Crippen molar-refractivity contribution in [3.8, 4) is 0 Å². The molecule has 1 aliphatic heterocycles. The molecule has 0 bridgehead atoms. The first-order valence-corrected chi connectivity index (χ1v) is 13.9. The molecular weight excluding hydrogens is 502 g/mol. The van der Waals surface area contributed by atoms with Crippen LogP contribution in [0, 0.1) is 5.92 Å². The lowest BCUT2D eigenvalue weighted by Gasteiger charge is -2.32. The van der Waals surface area contributed by atoms with Crippen LogP contribution in [0.25, 0.3) is 10.9 Å². The van der Waals surface area contributed by atoms with Crippen molar-refractivity contribution in [2.75, 3.05) is 11.4 Å². The number of fused-ring (bicyclic) bond motifs is 1. The van der Waals surface area contributed by atoms with Crippen LogP contribution in [-0.2, 0) is 20.8 Å². The Morgan fingerprint density at radius 2 is 1.75 bits per heavy atom. The van der Waals surface area contributed by atoms with E-state index in [9.17, 15) is 14.4 Å². The molecule has 1 N–H and O–H groups in total. The fraction of sp³-hybridized carbons (Fsp3) is 0.312. The normalized spacial score (nSPS) is 17.8. The molecule has 1 aromatic heterocycles. The van der Waals surface area contributed by atoms with Crippen molar-refractivity contribution in [3.63, 3.8) is 0 Å². The molecule has 8 nitrogen and oxygen atoms in total. The van der Waals surface area contributed by atoms with E-state index in [0.717, 1.165) is 35.9 Å². The minimum Gasteiger partial charge on any atom is -0.312 e. The quantitative estimate of drug-likeness (QED) is 0.394. The van der Waals surface area contributed by atoms with E-state index in [-0.39, 0.29) is 30.8 Å². The highest BCUT2D eigenvalue weighted by Gasteiger charge is 2.38. The van der Waals surface area contributed by atoms with Gasteiger partial charge in [-0.3, -0.25) is 24.4 Å². The number of benzene rings is 2. The van der Waals surface area contributed by atoms with Crippen LogP contribution < -0.4 is 4.90 Å². The molecule has 8 heteroatoms. The largest absolute Gasteiger partial charge is 0.312 e. The maximum absolute atomic E-state index is 14.0. The molecule has 2 aliphatic rings. The molecule has 206 valence electrons. The number of hydrogen-bond acceptors (Lipinski definition) is 4. The smallest absolute Gasteiger partial charge is 0.247 e. The van der Waals surface area contributed by atoms with Crippen LogP contribution in [0.5, 0.6) is 0 Å². The summed E-state index contributed by atoms with van der Waals surface area (Å²) in [6, 6.07) is 16.7. The number of H-pyrrole nitrogens is 1. The first-order valence-electron chi connectivity index (χ1n) is 13.9. The zero-order chi connectivity index (χ0) is 28.2. The zero-order valence-electron chi connectivity index (χ0n) is 23.2. The Kier molecular flexibility index (Phi) is 7.96. The van der Waals surface area contributed by atoms with Gasteiger partial charge in [-0.05, 0) is 57.4 Å². The highest BCUT2D eigenvalue weighted by Crippen LogP contribution is 2.28. The van der Waals surface area contributed by atoms with Crippen LogP contribution in [0.1, 0.15) is 45.7 Å². The third kappa shape index (κ3) is 5.47. The Hall–Kier alpha value is -4.46. The molecule has 1 atom stereocenters. The summed E-state index contributed by atoms with van der Waals surface area (Å²) in [6.45, 7) is 5.93. The molecule has 40 heavy (non-hydrogen) atoms. The molecule has 2 aromatic carbocycles. The first-order chi connectivity index (χ1) is 19.4. The summed E-state index contributed by atoms with van der Waals surface area (Å²) < 4.78 is 0. The predicted octanol–water partition coefficient (Wildman–Crippen LogP) is 5.32. The monoisotopic (exact) mass is 537 g/mol. The predicted molar refractivity (Wildman–Crippen MR) is 156 cm³/mol. The van der Waals surface area contributed by atoms with Crippen LogP contribution >= 0.6 is 0 Å². The lowest BCUT2D eigenvalue weighted by Crippen LogP contribution is -2.46. The second kappa shape index (κ2) is 11.7. The summed E-state index contributed by atoms with van der Waals surface area (Å²) in [5.74, 6) is -1.99. The van der Waals surface area contributed by atoms with Gasteiger partial charge in [0.1, 0.15) is 12.5 Å². The van der Waals surface area contributed by atoms with Gasteiger partial charge in [-0.15, -0.1) is 0 Å². The van der Waals surface area contributed by atoms with E-state index >= 15 is 0 Å². The van der Waals surface area contributed by atoms with Crippen molar-refractivity contribution < 1.29 is 14.4 Å². The molecule has 0 saturated carbocycles. The van der Waals surface area contributed by atoms with Crippen molar-refractivity contribution in [2.45, 2.75) is 52.5 Å². The molecule has 0 spiro atoms. The van der Waals surface area contributed by atoms with E-state index in [2.05, 4.69) is 23.2 Å². The lowest BCUT2D eigenvalue weighted by atomic mass is 9.97. The summed E-state index contributed by atoms with van der Waals surface area (Å²) in [5, 5.41) is 8.23.